The first-order chi connectivity index (χ1) is 14.5. The number of piperidine rings is 1. The molecule has 2 heterocycles. The highest BCUT2D eigenvalue weighted by Gasteiger charge is 2.58. The quantitative estimate of drug-likeness (QED) is 0.824. The van der Waals surface area contributed by atoms with Crippen molar-refractivity contribution in [1.82, 2.24) is 10.2 Å². The van der Waals surface area contributed by atoms with Crippen molar-refractivity contribution >= 4 is 23.4 Å². The van der Waals surface area contributed by atoms with Crippen LogP contribution in [0.1, 0.15) is 48.4 Å². The molecule has 0 aromatic heterocycles. The molecule has 0 radical (unpaired) electrons. The molecule has 2 fully saturated rings. The van der Waals surface area contributed by atoms with Crippen molar-refractivity contribution in [2.75, 3.05) is 11.9 Å². The summed E-state index contributed by atoms with van der Waals surface area (Å²) in [4.78, 5) is 40.9. The molecular formula is C24H25N3O3. The fraction of sp³-hybridized carbons (Fsp3) is 0.375. The van der Waals surface area contributed by atoms with Crippen LogP contribution in [0.3, 0.4) is 0 Å². The van der Waals surface area contributed by atoms with E-state index in [1.165, 1.54) is 0 Å². The third kappa shape index (κ3) is 2.90. The molecule has 1 spiro atoms. The second-order valence-corrected chi connectivity index (χ2v) is 8.59. The number of carbonyl (C=O) groups excluding carboxylic acids is 3. The van der Waals surface area contributed by atoms with Gasteiger partial charge in [-0.2, -0.15) is 0 Å². The zero-order valence-electron chi connectivity index (χ0n) is 17.0. The predicted octanol–water partition coefficient (Wildman–Crippen LogP) is 2.83. The van der Waals surface area contributed by atoms with Crippen LogP contribution in [0, 0.1) is 6.92 Å². The highest BCUT2D eigenvalue weighted by molar-refractivity contribution is 6.08. The van der Waals surface area contributed by atoms with Crippen molar-refractivity contribution < 1.29 is 14.4 Å². The third-order valence-corrected chi connectivity index (χ3v) is 6.63. The SMILES string of the molecule is Cc1ccccc1C1N(CC(=O)NC2CC2)C(=O)CCC12C(=O)Nc1ccccc12. The fourth-order valence-electron chi connectivity index (χ4n) is 5.01. The molecule has 2 aromatic carbocycles. The Morgan fingerprint density at radius 2 is 1.87 bits per heavy atom. The first kappa shape index (κ1) is 18.9. The Bertz CT molecular complexity index is 1050. The van der Waals surface area contributed by atoms with Crippen LogP contribution in [-0.4, -0.2) is 35.2 Å². The average Bonchev–Trinajstić information content (AvgIpc) is 3.49. The highest BCUT2D eigenvalue weighted by atomic mass is 16.2. The van der Waals surface area contributed by atoms with Gasteiger partial charge in [0, 0.05) is 18.2 Å². The van der Waals surface area contributed by atoms with Crippen LogP contribution >= 0.6 is 0 Å². The zero-order chi connectivity index (χ0) is 20.9. The summed E-state index contributed by atoms with van der Waals surface area (Å²) < 4.78 is 0. The van der Waals surface area contributed by atoms with Gasteiger partial charge in [-0.1, -0.05) is 42.5 Å². The van der Waals surface area contributed by atoms with E-state index in [4.69, 9.17) is 0 Å². The van der Waals surface area contributed by atoms with E-state index in [0.717, 1.165) is 35.2 Å². The first-order valence-corrected chi connectivity index (χ1v) is 10.6. The molecule has 5 rings (SSSR count). The number of hydrogen-bond acceptors (Lipinski definition) is 3. The Hall–Kier alpha value is -3.15. The van der Waals surface area contributed by atoms with Crippen molar-refractivity contribution in [2.45, 2.75) is 50.1 Å². The lowest BCUT2D eigenvalue weighted by Crippen LogP contribution is -2.56. The summed E-state index contributed by atoms with van der Waals surface area (Å²) in [5, 5.41) is 6.01. The van der Waals surface area contributed by atoms with Gasteiger partial charge in [-0.3, -0.25) is 14.4 Å². The minimum absolute atomic E-state index is 0.0362. The van der Waals surface area contributed by atoms with E-state index in [1.807, 2.05) is 55.5 Å². The molecule has 6 nitrogen and oxygen atoms in total. The van der Waals surface area contributed by atoms with Crippen LogP contribution < -0.4 is 10.6 Å². The topological polar surface area (TPSA) is 78.5 Å². The van der Waals surface area contributed by atoms with Gasteiger partial charge in [0.05, 0.1) is 6.04 Å². The fourth-order valence-corrected chi connectivity index (χ4v) is 5.01. The number of carbonyl (C=O) groups is 3. The number of amides is 3. The van der Waals surface area contributed by atoms with Gasteiger partial charge in [0.15, 0.2) is 0 Å². The van der Waals surface area contributed by atoms with Crippen molar-refractivity contribution in [3.05, 3.63) is 65.2 Å². The molecule has 2 N–H and O–H groups in total. The number of likely N-dealkylation sites (tertiary alicyclic amines) is 1. The molecule has 30 heavy (non-hydrogen) atoms. The number of benzene rings is 2. The molecular weight excluding hydrogens is 378 g/mol. The van der Waals surface area contributed by atoms with E-state index >= 15 is 0 Å². The molecule has 2 atom stereocenters. The molecule has 2 unspecified atom stereocenters. The smallest absolute Gasteiger partial charge is 0.239 e. The summed E-state index contributed by atoms with van der Waals surface area (Å²) in [6, 6.07) is 15.2. The number of nitrogens with one attached hydrogen (secondary N) is 2. The van der Waals surface area contributed by atoms with E-state index in [2.05, 4.69) is 10.6 Å². The van der Waals surface area contributed by atoms with Crippen molar-refractivity contribution in [1.29, 1.82) is 0 Å². The lowest BCUT2D eigenvalue weighted by Gasteiger charge is -2.47. The minimum Gasteiger partial charge on any atom is -0.352 e. The van der Waals surface area contributed by atoms with Gasteiger partial charge in [0.1, 0.15) is 12.0 Å². The molecule has 2 aromatic rings. The maximum atomic E-state index is 13.5. The molecule has 1 aliphatic carbocycles. The normalized spacial score (nSPS) is 25.2. The second kappa shape index (κ2) is 6.97. The average molecular weight is 403 g/mol. The Balaban J connectivity index is 1.65. The zero-order valence-corrected chi connectivity index (χ0v) is 17.0. The van der Waals surface area contributed by atoms with Gasteiger partial charge >= 0.3 is 0 Å². The Morgan fingerprint density at radius 1 is 1.13 bits per heavy atom. The number of nitrogens with zero attached hydrogens (tertiary/aromatic N) is 1. The third-order valence-electron chi connectivity index (χ3n) is 6.63. The summed E-state index contributed by atoms with van der Waals surface area (Å²) >= 11 is 0. The molecule has 3 aliphatic rings. The number of hydrogen-bond donors (Lipinski definition) is 2. The predicted molar refractivity (Wildman–Crippen MR) is 113 cm³/mol. The van der Waals surface area contributed by atoms with E-state index in [1.54, 1.807) is 4.90 Å². The van der Waals surface area contributed by atoms with Gasteiger partial charge < -0.3 is 15.5 Å². The van der Waals surface area contributed by atoms with Crippen LogP contribution in [0.2, 0.25) is 0 Å². The molecule has 2 aliphatic heterocycles. The molecule has 1 saturated carbocycles. The van der Waals surface area contributed by atoms with Crippen LogP contribution in [0.25, 0.3) is 0 Å². The van der Waals surface area contributed by atoms with Crippen LogP contribution in [0.4, 0.5) is 5.69 Å². The number of aryl methyl sites for hydroxylation is 1. The Labute approximate surface area is 175 Å². The van der Waals surface area contributed by atoms with Crippen LogP contribution in [-0.2, 0) is 19.8 Å². The second-order valence-electron chi connectivity index (χ2n) is 8.59. The number of fused-ring (bicyclic) bond motifs is 2. The number of rotatable bonds is 4. The molecule has 1 saturated heterocycles. The number of para-hydroxylation sites is 1. The van der Waals surface area contributed by atoms with Crippen LogP contribution in [0.5, 0.6) is 0 Å². The van der Waals surface area contributed by atoms with Gasteiger partial charge in [-0.25, -0.2) is 0 Å². The highest BCUT2D eigenvalue weighted by Crippen LogP contribution is 2.54. The van der Waals surface area contributed by atoms with Gasteiger partial charge in [0.25, 0.3) is 0 Å². The Morgan fingerprint density at radius 3 is 2.63 bits per heavy atom. The summed E-state index contributed by atoms with van der Waals surface area (Å²) in [6.45, 7) is 1.95. The first-order valence-electron chi connectivity index (χ1n) is 10.6. The largest absolute Gasteiger partial charge is 0.352 e. The molecule has 6 heteroatoms. The Kier molecular flexibility index (Phi) is 4.38. The molecule has 3 amide bonds. The van der Waals surface area contributed by atoms with E-state index in [-0.39, 0.29) is 36.7 Å². The standard InChI is InChI=1S/C24H25N3O3/c1-15-6-2-3-7-17(15)22-24(18-8-4-5-9-19(18)26-23(24)30)13-12-21(29)27(22)14-20(28)25-16-10-11-16/h2-9,16,22H,10-14H2,1H3,(H,25,28)(H,26,30). The van der Waals surface area contributed by atoms with Gasteiger partial charge in [0.2, 0.25) is 17.7 Å². The summed E-state index contributed by atoms with van der Waals surface area (Å²) in [7, 11) is 0. The van der Waals surface area contributed by atoms with Crippen LogP contribution in [0.15, 0.2) is 48.5 Å². The summed E-state index contributed by atoms with van der Waals surface area (Å²) in [5.74, 6) is -0.345. The van der Waals surface area contributed by atoms with Gasteiger partial charge in [-0.05, 0) is 48.9 Å². The van der Waals surface area contributed by atoms with E-state index in [0.29, 0.717) is 6.42 Å². The van der Waals surface area contributed by atoms with Crippen molar-refractivity contribution in [3.63, 3.8) is 0 Å². The van der Waals surface area contributed by atoms with Crippen molar-refractivity contribution in [2.24, 2.45) is 0 Å². The maximum Gasteiger partial charge on any atom is 0.239 e. The lowest BCUT2D eigenvalue weighted by atomic mass is 9.66. The minimum atomic E-state index is -0.906. The van der Waals surface area contributed by atoms with Crippen molar-refractivity contribution in [3.8, 4) is 0 Å². The summed E-state index contributed by atoms with van der Waals surface area (Å²) in [6.07, 6.45) is 2.64. The molecule has 154 valence electrons. The lowest BCUT2D eigenvalue weighted by molar-refractivity contribution is -0.147. The van der Waals surface area contributed by atoms with E-state index < -0.39 is 11.5 Å². The van der Waals surface area contributed by atoms with E-state index in [9.17, 15) is 14.4 Å². The molecule has 0 bridgehead atoms. The maximum absolute atomic E-state index is 13.5. The van der Waals surface area contributed by atoms with Gasteiger partial charge in [-0.15, -0.1) is 0 Å². The monoisotopic (exact) mass is 403 g/mol. The summed E-state index contributed by atoms with van der Waals surface area (Å²) in [5.41, 5.74) is 2.70. The number of anilines is 1.